The highest BCUT2D eigenvalue weighted by Crippen LogP contribution is 2.24. The Morgan fingerprint density at radius 1 is 1.44 bits per heavy atom. The van der Waals surface area contributed by atoms with Gasteiger partial charge >= 0.3 is 0 Å². The van der Waals surface area contributed by atoms with Gasteiger partial charge in [0, 0.05) is 23.6 Å². The first-order chi connectivity index (χ1) is 8.74. The first-order valence-electron chi connectivity index (χ1n) is 5.64. The second-order valence-corrected chi connectivity index (χ2v) is 4.86. The Balaban J connectivity index is 2.06. The first-order valence-corrected chi connectivity index (χ1v) is 6.80. The van der Waals surface area contributed by atoms with Crippen molar-refractivity contribution in [2.45, 2.75) is 20.0 Å². The minimum atomic E-state index is 0.400. The van der Waals surface area contributed by atoms with Crippen LogP contribution in [-0.2, 0) is 13.0 Å². The molecule has 18 heavy (non-hydrogen) atoms. The molecule has 0 aliphatic heterocycles. The van der Waals surface area contributed by atoms with Crippen LogP contribution in [0.5, 0.6) is 5.75 Å². The number of ether oxygens (including phenoxy) is 1. The van der Waals surface area contributed by atoms with Crippen molar-refractivity contribution in [2.75, 3.05) is 12.4 Å². The Kier molecular flexibility index (Phi) is 4.38. The van der Waals surface area contributed by atoms with Crippen molar-refractivity contribution in [2.24, 2.45) is 0 Å². The molecule has 2 aromatic rings. The van der Waals surface area contributed by atoms with E-state index in [0.29, 0.717) is 6.61 Å². The summed E-state index contributed by atoms with van der Waals surface area (Å²) in [6.45, 7) is 2.46. The maximum atomic E-state index is 6.06. The average molecular weight is 284 g/mol. The van der Waals surface area contributed by atoms with Crippen LogP contribution in [0, 0.1) is 0 Å². The van der Waals surface area contributed by atoms with Crippen LogP contribution in [0.3, 0.4) is 0 Å². The van der Waals surface area contributed by atoms with E-state index in [1.807, 2.05) is 25.2 Å². The van der Waals surface area contributed by atoms with E-state index in [4.69, 9.17) is 16.3 Å². The van der Waals surface area contributed by atoms with Gasteiger partial charge in [-0.2, -0.15) is 0 Å². The number of anilines is 1. The summed E-state index contributed by atoms with van der Waals surface area (Å²) in [7, 11) is 1.84. The zero-order valence-electron chi connectivity index (χ0n) is 10.2. The molecule has 6 heteroatoms. The van der Waals surface area contributed by atoms with E-state index in [1.54, 1.807) is 0 Å². The first kappa shape index (κ1) is 13.1. The topological polar surface area (TPSA) is 47.0 Å². The maximum absolute atomic E-state index is 6.06. The summed E-state index contributed by atoms with van der Waals surface area (Å²) >= 11 is 7.38. The fourth-order valence-corrected chi connectivity index (χ4v) is 2.33. The minimum absolute atomic E-state index is 0.400. The summed E-state index contributed by atoms with van der Waals surface area (Å²) in [5.41, 5.74) is 1.90. The summed E-state index contributed by atoms with van der Waals surface area (Å²) in [5.74, 6) is 0.798. The van der Waals surface area contributed by atoms with E-state index >= 15 is 0 Å². The normalized spacial score (nSPS) is 10.4. The Bertz CT molecular complexity index is 530. The van der Waals surface area contributed by atoms with Crippen molar-refractivity contribution in [3.8, 4) is 5.75 Å². The van der Waals surface area contributed by atoms with Gasteiger partial charge in [0.05, 0.1) is 0 Å². The van der Waals surface area contributed by atoms with Gasteiger partial charge in [-0.05, 0) is 30.2 Å². The molecule has 0 radical (unpaired) electrons. The Morgan fingerprint density at radius 3 is 3.00 bits per heavy atom. The highest BCUT2D eigenvalue weighted by molar-refractivity contribution is 7.10. The molecule has 0 amide bonds. The predicted molar refractivity (Wildman–Crippen MR) is 74.6 cm³/mol. The predicted octanol–water partition coefficient (Wildman–Crippen LogP) is 3.37. The molecule has 0 atom stereocenters. The molecule has 0 saturated heterocycles. The lowest BCUT2D eigenvalue weighted by Gasteiger charge is -2.08. The number of halogens is 1. The third-order valence-corrected chi connectivity index (χ3v) is 3.71. The molecule has 0 unspecified atom stereocenters. The summed E-state index contributed by atoms with van der Waals surface area (Å²) < 4.78 is 9.58. The van der Waals surface area contributed by atoms with E-state index in [-0.39, 0.29) is 0 Å². The Labute approximate surface area is 115 Å². The van der Waals surface area contributed by atoms with Crippen molar-refractivity contribution < 1.29 is 4.74 Å². The Morgan fingerprint density at radius 2 is 2.28 bits per heavy atom. The van der Waals surface area contributed by atoms with Gasteiger partial charge in [0.2, 0.25) is 0 Å². The van der Waals surface area contributed by atoms with Gasteiger partial charge < -0.3 is 10.1 Å². The van der Waals surface area contributed by atoms with Crippen LogP contribution in [0.25, 0.3) is 0 Å². The van der Waals surface area contributed by atoms with Crippen molar-refractivity contribution in [3.63, 3.8) is 0 Å². The number of hydrogen-bond donors (Lipinski definition) is 1. The van der Waals surface area contributed by atoms with Crippen LogP contribution in [-0.4, -0.2) is 16.6 Å². The third kappa shape index (κ3) is 2.91. The fraction of sp³-hybridized carbons (Fsp3) is 0.333. The van der Waals surface area contributed by atoms with Gasteiger partial charge in [0.1, 0.15) is 23.1 Å². The van der Waals surface area contributed by atoms with Crippen LogP contribution in [0.4, 0.5) is 5.00 Å². The van der Waals surface area contributed by atoms with E-state index in [0.717, 1.165) is 33.5 Å². The standard InChI is InChI=1S/C12H14ClN3OS/c1-3-8-6-9(4-5-10(8)13)17-7-11-12(14-2)18-16-15-11/h4-6,14H,3,7H2,1-2H3. The number of hydrogen-bond acceptors (Lipinski definition) is 5. The van der Waals surface area contributed by atoms with Crippen molar-refractivity contribution >= 4 is 28.1 Å². The number of benzene rings is 1. The highest BCUT2D eigenvalue weighted by atomic mass is 35.5. The second kappa shape index (κ2) is 6.02. The minimum Gasteiger partial charge on any atom is -0.487 e. The van der Waals surface area contributed by atoms with E-state index < -0.39 is 0 Å². The molecule has 2 rings (SSSR count). The van der Waals surface area contributed by atoms with Gasteiger partial charge in [-0.3, -0.25) is 0 Å². The Hall–Kier alpha value is -1.33. The SMILES string of the molecule is CCc1cc(OCc2nnsc2NC)ccc1Cl. The lowest BCUT2D eigenvalue weighted by molar-refractivity contribution is 0.301. The van der Waals surface area contributed by atoms with Crippen molar-refractivity contribution in [1.29, 1.82) is 0 Å². The van der Waals surface area contributed by atoms with E-state index in [2.05, 4.69) is 21.8 Å². The van der Waals surface area contributed by atoms with E-state index in [9.17, 15) is 0 Å². The number of nitrogens with zero attached hydrogens (tertiary/aromatic N) is 2. The molecule has 0 aliphatic carbocycles. The zero-order chi connectivity index (χ0) is 13.0. The quantitative estimate of drug-likeness (QED) is 0.914. The lowest BCUT2D eigenvalue weighted by Crippen LogP contribution is -2.00. The van der Waals surface area contributed by atoms with Crippen LogP contribution in [0.15, 0.2) is 18.2 Å². The van der Waals surface area contributed by atoms with Gasteiger partial charge in [-0.1, -0.05) is 23.0 Å². The molecule has 0 fully saturated rings. The molecular weight excluding hydrogens is 270 g/mol. The smallest absolute Gasteiger partial charge is 0.136 e. The third-order valence-electron chi connectivity index (χ3n) is 2.56. The average Bonchev–Trinajstić information content (AvgIpc) is 2.85. The fourth-order valence-electron chi connectivity index (χ4n) is 1.56. The zero-order valence-corrected chi connectivity index (χ0v) is 11.8. The van der Waals surface area contributed by atoms with Gasteiger partial charge in [-0.15, -0.1) is 5.10 Å². The van der Waals surface area contributed by atoms with Crippen LogP contribution in [0.2, 0.25) is 5.02 Å². The summed E-state index contributed by atoms with van der Waals surface area (Å²) in [6, 6.07) is 5.68. The molecule has 0 bridgehead atoms. The van der Waals surface area contributed by atoms with Crippen LogP contribution < -0.4 is 10.1 Å². The van der Waals surface area contributed by atoms with Crippen molar-refractivity contribution in [3.05, 3.63) is 34.5 Å². The van der Waals surface area contributed by atoms with Crippen molar-refractivity contribution in [1.82, 2.24) is 9.59 Å². The molecule has 1 aromatic carbocycles. The maximum Gasteiger partial charge on any atom is 0.136 e. The molecule has 1 N–H and O–H groups in total. The summed E-state index contributed by atoms with van der Waals surface area (Å²) in [4.78, 5) is 0. The molecule has 0 saturated carbocycles. The lowest BCUT2D eigenvalue weighted by atomic mass is 10.1. The monoisotopic (exact) mass is 283 g/mol. The number of nitrogens with one attached hydrogen (secondary N) is 1. The highest BCUT2D eigenvalue weighted by Gasteiger charge is 2.07. The molecule has 1 heterocycles. The molecule has 0 aliphatic rings. The number of aromatic nitrogens is 2. The second-order valence-electron chi connectivity index (χ2n) is 3.69. The largest absolute Gasteiger partial charge is 0.487 e. The van der Waals surface area contributed by atoms with E-state index in [1.165, 1.54) is 11.5 Å². The molecule has 1 aromatic heterocycles. The molecule has 4 nitrogen and oxygen atoms in total. The summed E-state index contributed by atoms with van der Waals surface area (Å²) in [5, 5.41) is 8.76. The number of aryl methyl sites for hydroxylation is 1. The molecular formula is C12H14ClN3OS. The summed E-state index contributed by atoms with van der Waals surface area (Å²) in [6.07, 6.45) is 0.885. The van der Waals surface area contributed by atoms with Gasteiger partial charge in [0.25, 0.3) is 0 Å². The van der Waals surface area contributed by atoms with Crippen LogP contribution >= 0.6 is 23.1 Å². The number of rotatable bonds is 5. The van der Waals surface area contributed by atoms with Gasteiger partial charge in [-0.25, -0.2) is 0 Å². The molecule has 96 valence electrons. The van der Waals surface area contributed by atoms with Gasteiger partial charge in [0.15, 0.2) is 0 Å². The van der Waals surface area contributed by atoms with Crippen LogP contribution in [0.1, 0.15) is 18.2 Å². The molecule has 0 spiro atoms.